The van der Waals surface area contributed by atoms with Gasteiger partial charge in [-0.05, 0) is 43.5 Å². The molecule has 0 aromatic carbocycles. The van der Waals surface area contributed by atoms with Crippen molar-refractivity contribution in [1.29, 1.82) is 0 Å². The zero-order valence-electron chi connectivity index (χ0n) is 13.4. The van der Waals surface area contributed by atoms with Crippen LogP contribution < -0.4 is 10.2 Å². The molecule has 2 saturated heterocycles. The fourth-order valence-electron chi connectivity index (χ4n) is 3.55. The lowest BCUT2D eigenvalue weighted by molar-refractivity contribution is 0.230. The van der Waals surface area contributed by atoms with Crippen LogP contribution in [0.2, 0.25) is 0 Å². The van der Waals surface area contributed by atoms with Crippen LogP contribution in [-0.2, 0) is 6.54 Å². The quantitative estimate of drug-likeness (QED) is 0.899. The minimum absolute atomic E-state index is 0.692. The van der Waals surface area contributed by atoms with Crippen LogP contribution in [0.3, 0.4) is 0 Å². The SMILES string of the molecule is CC(C)CNCc1ccncc1N1CCN2CCCC2C1. The first-order valence-corrected chi connectivity index (χ1v) is 8.36. The zero-order chi connectivity index (χ0) is 14.7. The molecule has 2 fully saturated rings. The van der Waals surface area contributed by atoms with Gasteiger partial charge in [-0.2, -0.15) is 0 Å². The van der Waals surface area contributed by atoms with Crippen LogP contribution in [0.25, 0.3) is 0 Å². The summed E-state index contributed by atoms with van der Waals surface area (Å²) in [5, 5.41) is 3.56. The Labute approximate surface area is 128 Å². The molecule has 1 N–H and O–H groups in total. The average Bonchev–Trinajstić information content (AvgIpc) is 2.95. The summed E-state index contributed by atoms with van der Waals surface area (Å²) in [4.78, 5) is 9.57. The zero-order valence-corrected chi connectivity index (χ0v) is 13.4. The summed E-state index contributed by atoms with van der Waals surface area (Å²) in [7, 11) is 0. The second kappa shape index (κ2) is 6.75. The first-order valence-electron chi connectivity index (χ1n) is 8.36. The molecule has 0 bridgehead atoms. The third-order valence-corrected chi connectivity index (χ3v) is 4.68. The molecule has 4 nitrogen and oxygen atoms in total. The lowest BCUT2D eigenvalue weighted by Crippen LogP contribution is -2.50. The van der Waals surface area contributed by atoms with E-state index in [-0.39, 0.29) is 0 Å². The van der Waals surface area contributed by atoms with Crippen LogP contribution in [-0.4, -0.2) is 48.6 Å². The van der Waals surface area contributed by atoms with E-state index in [1.54, 1.807) is 0 Å². The van der Waals surface area contributed by atoms with Gasteiger partial charge in [0, 0.05) is 38.4 Å². The summed E-state index contributed by atoms with van der Waals surface area (Å²) in [6, 6.07) is 2.93. The molecule has 0 aliphatic carbocycles. The molecule has 0 amide bonds. The number of pyridine rings is 1. The maximum Gasteiger partial charge on any atom is 0.0599 e. The third kappa shape index (κ3) is 3.55. The number of nitrogens with one attached hydrogen (secondary N) is 1. The summed E-state index contributed by atoms with van der Waals surface area (Å²) < 4.78 is 0. The van der Waals surface area contributed by atoms with E-state index in [0.29, 0.717) is 5.92 Å². The molecule has 1 aromatic heterocycles. The average molecular weight is 288 g/mol. The highest BCUT2D eigenvalue weighted by atomic mass is 15.3. The van der Waals surface area contributed by atoms with E-state index in [9.17, 15) is 0 Å². The van der Waals surface area contributed by atoms with Crippen molar-refractivity contribution in [3.05, 3.63) is 24.0 Å². The van der Waals surface area contributed by atoms with Crippen molar-refractivity contribution in [2.75, 3.05) is 37.6 Å². The van der Waals surface area contributed by atoms with Gasteiger partial charge in [0.05, 0.1) is 11.9 Å². The standard InChI is InChI=1S/C17H28N4/c1-14(2)10-19-11-15-5-6-18-12-17(15)21-9-8-20-7-3-4-16(20)13-21/h5-6,12,14,16,19H,3-4,7-11,13H2,1-2H3. The molecule has 3 rings (SSSR count). The Hall–Kier alpha value is -1.13. The highest BCUT2D eigenvalue weighted by molar-refractivity contribution is 5.52. The largest absolute Gasteiger partial charge is 0.367 e. The van der Waals surface area contributed by atoms with Crippen molar-refractivity contribution >= 4 is 5.69 Å². The van der Waals surface area contributed by atoms with Gasteiger partial charge >= 0.3 is 0 Å². The van der Waals surface area contributed by atoms with E-state index >= 15 is 0 Å². The Kier molecular flexibility index (Phi) is 4.76. The molecule has 1 unspecified atom stereocenters. The van der Waals surface area contributed by atoms with Crippen molar-refractivity contribution in [1.82, 2.24) is 15.2 Å². The van der Waals surface area contributed by atoms with Crippen molar-refractivity contribution in [3.63, 3.8) is 0 Å². The molecule has 0 saturated carbocycles. The van der Waals surface area contributed by atoms with Gasteiger partial charge in [0.1, 0.15) is 0 Å². The molecule has 1 aromatic rings. The third-order valence-electron chi connectivity index (χ3n) is 4.68. The van der Waals surface area contributed by atoms with Gasteiger partial charge in [0.15, 0.2) is 0 Å². The number of nitrogens with zero attached hydrogens (tertiary/aromatic N) is 3. The van der Waals surface area contributed by atoms with E-state index < -0.39 is 0 Å². The maximum absolute atomic E-state index is 4.37. The van der Waals surface area contributed by atoms with Gasteiger partial charge in [0.2, 0.25) is 0 Å². The van der Waals surface area contributed by atoms with E-state index in [1.807, 2.05) is 6.20 Å². The molecule has 0 spiro atoms. The van der Waals surface area contributed by atoms with Crippen molar-refractivity contribution in [2.45, 2.75) is 39.3 Å². The first-order chi connectivity index (χ1) is 10.2. The second-order valence-corrected chi connectivity index (χ2v) is 6.81. The second-order valence-electron chi connectivity index (χ2n) is 6.81. The minimum atomic E-state index is 0.692. The first kappa shape index (κ1) is 14.8. The van der Waals surface area contributed by atoms with Crippen LogP contribution in [0.5, 0.6) is 0 Å². The number of aromatic nitrogens is 1. The number of anilines is 1. The van der Waals surface area contributed by atoms with E-state index in [4.69, 9.17) is 0 Å². The lowest BCUT2D eigenvalue weighted by Gasteiger charge is -2.39. The predicted octanol–water partition coefficient (Wildman–Crippen LogP) is 2.11. The van der Waals surface area contributed by atoms with Crippen LogP contribution in [0, 0.1) is 5.92 Å². The van der Waals surface area contributed by atoms with Gasteiger partial charge in [0.25, 0.3) is 0 Å². The smallest absolute Gasteiger partial charge is 0.0599 e. The van der Waals surface area contributed by atoms with E-state index in [0.717, 1.165) is 25.7 Å². The highest BCUT2D eigenvalue weighted by Gasteiger charge is 2.31. The van der Waals surface area contributed by atoms with E-state index in [2.05, 4.69) is 46.2 Å². The van der Waals surface area contributed by atoms with Gasteiger partial charge in [-0.25, -0.2) is 0 Å². The van der Waals surface area contributed by atoms with Gasteiger partial charge in [-0.3, -0.25) is 9.88 Å². The fourth-order valence-corrected chi connectivity index (χ4v) is 3.55. The molecular weight excluding hydrogens is 260 g/mol. The normalized spacial score (nSPS) is 22.8. The van der Waals surface area contributed by atoms with E-state index in [1.165, 1.54) is 43.7 Å². The topological polar surface area (TPSA) is 31.4 Å². The predicted molar refractivity (Wildman–Crippen MR) is 87.6 cm³/mol. The Morgan fingerprint density at radius 2 is 2.24 bits per heavy atom. The maximum atomic E-state index is 4.37. The van der Waals surface area contributed by atoms with Crippen molar-refractivity contribution in [2.24, 2.45) is 5.92 Å². The summed E-state index contributed by atoms with van der Waals surface area (Å²) in [6.07, 6.45) is 6.70. The van der Waals surface area contributed by atoms with Crippen LogP contribution >= 0.6 is 0 Å². The Bertz CT molecular complexity index is 460. The summed E-state index contributed by atoms with van der Waals surface area (Å²) in [6.45, 7) is 11.3. The van der Waals surface area contributed by atoms with Gasteiger partial charge < -0.3 is 10.2 Å². The highest BCUT2D eigenvalue weighted by Crippen LogP contribution is 2.27. The molecule has 4 heteroatoms. The molecule has 0 radical (unpaired) electrons. The number of piperazine rings is 1. The van der Waals surface area contributed by atoms with Crippen LogP contribution in [0.1, 0.15) is 32.3 Å². The van der Waals surface area contributed by atoms with Gasteiger partial charge in [-0.15, -0.1) is 0 Å². The monoisotopic (exact) mass is 288 g/mol. The number of hydrogen-bond acceptors (Lipinski definition) is 4. The summed E-state index contributed by atoms with van der Waals surface area (Å²) >= 11 is 0. The number of rotatable bonds is 5. The Morgan fingerprint density at radius 1 is 1.33 bits per heavy atom. The lowest BCUT2D eigenvalue weighted by atomic mass is 10.1. The molecule has 2 aliphatic heterocycles. The van der Waals surface area contributed by atoms with Crippen molar-refractivity contribution < 1.29 is 0 Å². The van der Waals surface area contributed by atoms with Gasteiger partial charge in [-0.1, -0.05) is 13.8 Å². The van der Waals surface area contributed by atoms with Crippen LogP contribution in [0.15, 0.2) is 18.5 Å². The summed E-state index contributed by atoms with van der Waals surface area (Å²) in [5.41, 5.74) is 2.72. The number of fused-ring (bicyclic) bond motifs is 1. The molecule has 1 atom stereocenters. The summed E-state index contributed by atoms with van der Waals surface area (Å²) in [5.74, 6) is 0.692. The van der Waals surface area contributed by atoms with Crippen molar-refractivity contribution in [3.8, 4) is 0 Å². The number of hydrogen-bond donors (Lipinski definition) is 1. The molecular formula is C17H28N4. The minimum Gasteiger partial charge on any atom is -0.367 e. The molecule has 21 heavy (non-hydrogen) atoms. The molecule has 116 valence electrons. The molecule has 2 aliphatic rings. The Balaban J connectivity index is 1.66. The van der Waals surface area contributed by atoms with Crippen LogP contribution in [0.4, 0.5) is 5.69 Å². The molecule has 3 heterocycles. The Morgan fingerprint density at radius 3 is 3.10 bits per heavy atom. The fraction of sp³-hybridized carbons (Fsp3) is 0.706.